The summed E-state index contributed by atoms with van der Waals surface area (Å²) in [5, 5.41) is 13.4. The van der Waals surface area contributed by atoms with Gasteiger partial charge in [0.05, 0.1) is 6.61 Å². The number of aliphatic hydroxyl groups excluding tert-OH is 1. The van der Waals surface area contributed by atoms with Crippen LogP contribution in [-0.2, 0) is 0 Å². The highest BCUT2D eigenvalue weighted by Gasteiger charge is 2.44. The van der Waals surface area contributed by atoms with Gasteiger partial charge < -0.3 is 10.4 Å². The first-order valence-corrected chi connectivity index (χ1v) is 6.69. The van der Waals surface area contributed by atoms with E-state index in [1.165, 1.54) is 44.9 Å². The van der Waals surface area contributed by atoms with Crippen LogP contribution in [-0.4, -0.2) is 23.3 Å². The van der Waals surface area contributed by atoms with Gasteiger partial charge >= 0.3 is 0 Å². The Labute approximate surface area is 93.5 Å². The minimum atomic E-state index is 0.0575. The monoisotopic (exact) mass is 211 g/mol. The van der Waals surface area contributed by atoms with Crippen molar-refractivity contribution in [2.45, 2.75) is 69.9 Å². The van der Waals surface area contributed by atoms with Crippen LogP contribution in [0.3, 0.4) is 0 Å². The zero-order valence-corrected chi connectivity index (χ0v) is 9.97. The first-order valence-electron chi connectivity index (χ1n) is 6.69. The summed E-state index contributed by atoms with van der Waals surface area (Å²) in [7, 11) is 0. The number of hydrogen-bond acceptors (Lipinski definition) is 2. The van der Waals surface area contributed by atoms with Crippen LogP contribution in [0.1, 0.15) is 58.3 Å². The van der Waals surface area contributed by atoms with Crippen LogP contribution in [0, 0.1) is 5.92 Å². The Hall–Kier alpha value is -0.0800. The molecule has 0 bridgehead atoms. The Kier molecular flexibility index (Phi) is 3.68. The minimum absolute atomic E-state index is 0.0575. The molecule has 0 aromatic carbocycles. The van der Waals surface area contributed by atoms with Crippen LogP contribution in [0.2, 0.25) is 0 Å². The van der Waals surface area contributed by atoms with Crippen LogP contribution in [0.5, 0.6) is 0 Å². The van der Waals surface area contributed by atoms with Crippen molar-refractivity contribution in [3.63, 3.8) is 0 Å². The second kappa shape index (κ2) is 4.84. The van der Waals surface area contributed by atoms with Gasteiger partial charge in [0.2, 0.25) is 0 Å². The zero-order valence-electron chi connectivity index (χ0n) is 9.97. The summed E-state index contributed by atoms with van der Waals surface area (Å²) in [4.78, 5) is 0. The third-order valence-corrected chi connectivity index (χ3v) is 4.37. The van der Waals surface area contributed by atoms with Crippen molar-refractivity contribution < 1.29 is 5.11 Å². The summed E-state index contributed by atoms with van der Waals surface area (Å²) in [6.07, 6.45) is 10.5. The fourth-order valence-corrected chi connectivity index (χ4v) is 3.08. The van der Waals surface area contributed by atoms with Crippen molar-refractivity contribution in [3.8, 4) is 0 Å². The lowest BCUT2D eigenvalue weighted by Gasteiger charge is -2.38. The number of nitrogens with one attached hydrogen (secondary N) is 1. The van der Waals surface area contributed by atoms with Crippen molar-refractivity contribution in [2.24, 2.45) is 5.92 Å². The van der Waals surface area contributed by atoms with Gasteiger partial charge in [-0.25, -0.2) is 0 Å². The predicted molar refractivity (Wildman–Crippen MR) is 62.8 cm³/mol. The standard InChI is InChI=1S/C13H25NO/c1-2-13(10-15,11-8-9-11)14-12-6-4-3-5-7-12/h11-12,14-15H,2-10H2,1H3. The van der Waals surface area contributed by atoms with E-state index in [2.05, 4.69) is 12.2 Å². The lowest BCUT2D eigenvalue weighted by Crippen LogP contribution is -2.54. The van der Waals surface area contributed by atoms with E-state index in [9.17, 15) is 5.11 Å². The summed E-state index contributed by atoms with van der Waals surface area (Å²) in [6, 6.07) is 0.673. The van der Waals surface area contributed by atoms with E-state index in [4.69, 9.17) is 0 Å². The maximum Gasteiger partial charge on any atom is 0.0616 e. The first kappa shape index (κ1) is 11.4. The molecule has 0 aliphatic heterocycles. The fraction of sp³-hybridized carbons (Fsp3) is 1.00. The molecule has 0 aromatic rings. The lowest BCUT2D eigenvalue weighted by molar-refractivity contribution is 0.113. The maximum atomic E-state index is 9.66. The molecular formula is C13H25NO. The van der Waals surface area contributed by atoms with E-state index in [1.54, 1.807) is 0 Å². The molecule has 0 amide bonds. The summed E-state index contributed by atoms with van der Waals surface area (Å²) >= 11 is 0. The molecule has 0 radical (unpaired) electrons. The third-order valence-electron chi connectivity index (χ3n) is 4.37. The average molecular weight is 211 g/mol. The van der Waals surface area contributed by atoms with Gasteiger partial charge in [-0.3, -0.25) is 0 Å². The van der Waals surface area contributed by atoms with E-state index < -0.39 is 0 Å². The van der Waals surface area contributed by atoms with Crippen LogP contribution >= 0.6 is 0 Å². The summed E-state index contributed by atoms with van der Waals surface area (Å²) < 4.78 is 0. The average Bonchev–Trinajstić information content (AvgIpc) is 3.12. The molecule has 2 saturated carbocycles. The molecule has 0 heterocycles. The van der Waals surface area contributed by atoms with E-state index in [0.717, 1.165) is 12.3 Å². The highest BCUT2D eigenvalue weighted by atomic mass is 16.3. The van der Waals surface area contributed by atoms with Gasteiger partial charge in [0.25, 0.3) is 0 Å². The summed E-state index contributed by atoms with van der Waals surface area (Å²) in [5.41, 5.74) is 0.0575. The van der Waals surface area contributed by atoms with Gasteiger partial charge in [-0.2, -0.15) is 0 Å². The third kappa shape index (κ3) is 2.54. The van der Waals surface area contributed by atoms with Crippen molar-refractivity contribution in [3.05, 3.63) is 0 Å². The molecule has 0 spiro atoms. The van der Waals surface area contributed by atoms with Crippen molar-refractivity contribution in [1.29, 1.82) is 0 Å². The largest absolute Gasteiger partial charge is 0.394 e. The molecule has 2 N–H and O–H groups in total. The highest BCUT2D eigenvalue weighted by molar-refractivity contribution is 5.01. The van der Waals surface area contributed by atoms with Crippen molar-refractivity contribution >= 4 is 0 Å². The SMILES string of the molecule is CCC(CO)(NC1CCCCC1)C1CC1. The molecule has 2 rings (SSSR count). The lowest BCUT2D eigenvalue weighted by atomic mass is 9.86. The van der Waals surface area contributed by atoms with Gasteiger partial charge in [0.1, 0.15) is 0 Å². The molecule has 2 nitrogen and oxygen atoms in total. The van der Waals surface area contributed by atoms with Gasteiger partial charge in [-0.05, 0) is 38.0 Å². The van der Waals surface area contributed by atoms with Gasteiger partial charge in [0.15, 0.2) is 0 Å². The predicted octanol–water partition coefficient (Wildman–Crippen LogP) is 2.46. The topological polar surface area (TPSA) is 32.3 Å². The van der Waals surface area contributed by atoms with E-state index in [0.29, 0.717) is 12.6 Å². The van der Waals surface area contributed by atoms with Crippen molar-refractivity contribution in [2.75, 3.05) is 6.61 Å². The molecule has 88 valence electrons. The molecule has 2 aliphatic rings. The first-order chi connectivity index (χ1) is 7.30. The molecule has 1 unspecified atom stereocenters. The van der Waals surface area contributed by atoms with E-state index in [-0.39, 0.29) is 5.54 Å². The Morgan fingerprint density at radius 2 is 1.80 bits per heavy atom. The summed E-state index contributed by atoms with van der Waals surface area (Å²) in [6.45, 7) is 2.54. The van der Waals surface area contributed by atoms with Gasteiger partial charge in [-0.15, -0.1) is 0 Å². The normalized spacial score (nSPS) is 27.6. The Balaban J connectivity index is 1.92. The molecule has 15 heavy (non-hydrogen) atoms. The van der Waals surface area contributed by atoms with E-state index >= 15 is 0 Å². The highest BCUT2D eigenvalue weighted by Crippen LogP contribution is 2.42. The molecule has 2 fully saturated rings. The Morgan fingerprint density at radius 3 is 2.27 bits per heavy atom. The van der Waals surface area contributed by atoms with Crippen LogP contribution in [0.4, 0.5) is 0 Å². The molecule has 2 heteroatoms. The van der Waals surface area contributed by atoms with Crippen LogP contribution in [0.15, 0.2) is 0 Å². The number of aliphatic hydroxyl groups is 1. The van der Waals surface area contributed by atoms with Crippen molar-refractivity contribution in [1.82, 2.24) is 5.32 Å². The Bertz CT molecular complexity index is 191. The minimum Gasteiger partial charge on any atom is -0.394 e. The van der Waals surface area contributed by atoms with Gasteiger partial charge in [0, 0.05) is 11.6 Å². The molecule has 1 atom stereocenters. The number of hydrogen-bond donors (Lipinski definition) is 2. The van der Waals surface area contributed by atoms with E-state index in [1.807, 2.05) is 0 Å². The second-order valence-electron chi connectivity index (χ2n) is 5.42. The fourth-order valence-electron chi connectivity index (χ4n) is 3.08. The molecule has 2 aliphatic carbocycles. The number of rotatable bonds is 5. The maximum absolute atomic E-state index is 9.66. The Morgan fingerprint density at radius 1 is 1.13 bits per heavy atom. The van der Waals surface area contributed by atoms with Crippen LogP contribution < -0.4 is 5.32 Å². The molecule has 0 saturated heterocycles. The molecular weight excluding hydrogens is 186 g/mol. The van der Waals surface area contributed by atoms with Gasteiger partial charge in [-0.1, -0.05) is 26.2 Å². The summed E-state index contributed by atoms with van der Waals surface area (Å²) in [5.74, 6) is 0.745. The zero-order chi connectivity index (χ0) is 10.7. The van der Waals surface area contributed by atoms with Crippen LogP contribution in [0.25, 0.3) is 0 Å². The quantitative estimate of drug-likeness (QED) is 0.732. The second-order valence-corrected chi connectivity index (χ2v) is 5.42. The smallest absolute Gasteiger partial charge is 0.0616 e. The molecule has 0 aromatic heterocycles.